The van der Waals surface area contributed by atoms with E-state index in [4.69, 9.17) is 16.3 Å². The molecule has 11 heteroatoms. The molecule has 1 heterocycles. The van der Waals surface area contributed by atoms with Gasteiger partial charge in [0.15, 0.2) is 0 Å². The summed E-state index contributed by atoms with van der Waals surface area (Å²) in [4.78, 5) is 37.5. The molecule has 0 bridgehead atoms. The molecule has 1 atom stereocenters. The van der Waals surface area contributed by atoms with Crippen molar-refractivity contribution in [1.82, 2.24) is 5.32 Å². The smallest absolute Gasteiger partial charge is 0.417 e. The van der Waals surface area contributed by atoms with Crippen molar-refractivity contribution in [3.05, 3.63) is 87.1 Å². The van der Waals surface area contributed by atoms with Crippen LogP contribution in [0.15, 0.2) is 66.0 Å². The summed E-state index contributed by atoms with van der Waals surface area (Å²) in [6.07, 6.45) is -6.19. The van der Waals surface area contributed by atoms with Crippen LogP contribution >= 0.6 is 22.9 Å². The minimum absolute atomic E-state index is 0.181. The lowest BCUT2D eigenvalue weighted by Gasteiger charge is -2.19. The second-order valence-electron chi connectivity index (χ2n) is 6.62. The molecule has 0 saturated heterocycles. The number of hydrogen-bond donors (Lipinski definition) is 2. The number of alkyl halides is 3. The zero-order valence-corrected chi connectivity index (χ0v) is 18.3. The molecule has 2 aromatic carbocycles. The number of carbonyl (C=O) groups is 3. The highest BCUT2D eigenvalue weighted by Crippen LogP contribution is 2.36. The molecule has 3 aromatic rings. The number of benzene rings is 2. The number of esters is 1. The Labute approximate surface area is 195 Å². The summed E-state index contributed by atoms with van der Waals surface area (Å²) in [5.41, 5.74) is -1.01. The van der Waals surface area contributed by atoms with E-state index in [1.165, 1.54) is 29.5 Å². The van der Waals surface area contributed by atoms with E-state index in [1.54, 1.807) is 35.7 Å². The van der Waals surface area contributed by atoms with E-state index < -0.39 is 47.2 Å². The maximum Gasteiger partial charge on any atom is 0.417 e. The number of nitrogens with one attached hydrogen (secondary N) is 2. The van der Waals surface area contributed by atoms with Crippen LogP contribution in [-0.4, -0.2) is 24.3 Å². The van der Waals surface area contributed by atoms with Crippen LogP contribution in [0.1, 0.15) is 26.9 Å². The summed E-state index contributed by atoms with van der Waals surface area (Å²) in [6, 6.07) is 14.1. The third-order valence-electron chi connectivity index (χ3n) is 4.27. The zero-order chi connectivity index (χ0) is 24.0. The highest BCUT2D eigenvalue weighted by Gasteiger charge is 2.34. The molecule has 0 aliphatic heterocycles. The van der Waals surface area contributed by atoms with E-state index in [9.17, 15) is 27.6 Å². The van der Waals surface area contributed by atoms with Gasteiger partial charge in [-0.3, -0.25) is 14.4 Å². The number of anilines is 1. The first-order valence-corrected chi connectivity index (χ1v) is 10.6. The molecule has 2 N–H and O–H groups in total. The minimum atomic E-state index is -4.72. The lowest BCUT2D eigenvalue weighted by molar-refractivity contribution is -0.153. The van der Waals surface area contributed by atoms with E-state index in [2.05, 4.69) is 10.6 Å². The van der Waals surface area contributed by atoms with Gasteiger partial charge in [0.05, 0.1) is 15.5 Å². The van der Waals surface area contributed by atoms with Crippen LogP contribution in [-0.2, 0) is 20.5 Å². The molecule has 172 valence electrons. The van der Waals surface area contributed by atoms with E-state index in [0.29, 0.717) is 10.9 Å². The van der Waals surface area contributed by atoms with Gasteiger partial charge in [-0.1, -0.05) is 48.0 Å². The summed E-state index contributed by atoms with van der Waals surface area (Å²) < 4.78 is 44.6. The Morgan fingerprint density at radius 3 is 2.39 bits per heavy atom. The first kappa shape index (κ1) is 24.3. The second kappa shape index (κ2) is 10.5. The molecular weight excluding hydrogens is 481 g/mol. The average molecular weight is 497 g/mol. The molecule has 0 aliphatic carbocycles. The first-order valence-electron chi connectivity index (χ1n) is 9.39. The van der Waals surface area contributed by atoms with E-state index >= 15 is 0 Å². The number of halogens is 4. The van der Waals surface area contributed by atoms with Gasteiger partial charge in [0.25, 0.3) is 11.8 Å². The van der Waals surface area contributed by atoms with Crippen molar-refractivity contribution in [1.29, 1.82) is 0 Å². The summed E-state index contributed by atoms with van der Waals surface area (Å²) in [6.45, 7) is -0.507. The fourth-order valence-corrected chi connectivity index (χ4v) is 3.61. The van der Waals surface area contributed by atoms with Crippen molar-refractivity contribution >= 4 is 46.4 Å². The second-order valence-corrected chi connectivity index (χ2v) is 7.98. The predicted molar refractivity (Wildman–Crippen MR) is 117 cm³/mol. The average Bonchev–Trinajstić information content (AvgIpc) is 3.32. The first-order chi connectivity index (χ1) is 15.6. The molecule has 3 rings (SSSR count). The molecule has 0 spiro atoms. The molecule has 0 radical (unpaired) electrons. The van der Waals surface area contributed by atoms with Gasteiger partial charge in [-0.05, 0) is 29.6 Å². The van der Waals surface area contributed by atoms with Crippen molar-refractivity contribution in [2.24, 2.45) is 0 Å². The Morgan fingerprint density at radius 2 is 1.76 bits per heavy atom. The minimum Gasteiger partial charge on any atom is -0.446 e. The van der Waals surface area contributed by atoms with Gasteiger partial charge in [0, 0.05) is 11.3 Å². The van der Waals surface area contributed by atoms with Crippen molar-refractivity contribution in [3.63, 3.8) is 0 Å². The van der Waals surface area contributed by atoms with Gasteiger partial charge < -0.3 is 15.4 Å². The number of ether oxygens (including phenoxy) is 1. The van der Waals surface area contributed by atoms with Gasteiger partial charge in [-0.2, -0.15) is 13.2 Å². The summed E-state index contributed by atoms with van der Waals surface area (Å²) in [7, 11) is 0. The Morgan fingerprint density at radius 1 is 1.03 bits per heavy atom. The summed E-state index contributed by atoms with van der Waals surface area (Å²) in [5.74, 6) is -2.27. The van der Waals surface area contributed by atoms with Crippen molar-refractivity contribution in [2.75, 3.05) is 11.9 Å². The molecule has 0 aliphatic rings. The third kappa shape index (κ3) is 6.56. The third-order valence-corrected chi connectivity index (χ3v) is 5.47. The number of carbonyl (C=O) groups excluding carboxylic acids is 3. The summed E-state index contributed by atoms with van der Waals surface area (Å²) in [5, 5.41) is 5.88. The van der Waals surface area contributed by atoms with E-state index in [1.807, 2.05) is 0 Å². The number of hydrogen-bond acceptors (Lipinski definition) is 5. The van der Waals surface area contributed by atoms with Crippen molar-refractivity contribution < 1.29 is 32.3 Å². The van der Waals surface area contributed by atoms with Crippen LogP contribution in [0.4, 0.5) is 18.9 Å². The molecule has 6 nitrogen and oxygen atoms in total. The maximum atomic E-state index is 13.1. The van der Waals surface area contributed by atoms with Gasteiger partial charge in [-0.15, -0.1) is 11.3 Å². The van der Waals surface area contributed by atoms with Crippen molar-refractivity contribution in [2.45, 2.75) is 12.3 Å². The van der Waals surface area contributed by atoms with Gasteiger partial charge >= 0.3 is 12.1 Å². The van der Waals surface area contributed by atoms with Gasteiger partial charge in [-0.25, -0.2) is 0 Å². The highest BCUT2D eigenvalue weighted by molar-refractivity contribution is 7.12. The fourth-order valence-electron chi connectivity index (χ4n) is 2.75. The maximum absolute atomic E-state index is 13.1. The number of rotatable bonds is 7. The standard InChI is InChI=1S/C22H16ClF3N2O4S/c23-16-9-8-14(11-15(16)22(24,25)26)28-21(31)19(13-5-2-1-3-6-13)32-18(29)12-27-20(30)17-7-4-10-33-17/h1-11,19H,12H2,(H,27,30)(H,28,31)/t19-/m1/s1. The highest BCUT2D eigenvalue weighted by atomic mass is 35.5. The molecular formula is C22H16ClF3N2O4S. The molecule has 33 heavy (non-hydrogen) atoms. The van der Waals surface area contributed by atoms with Crippen LogP contribution in [0.2, 0.25) is 5.02 Å². The fraction of sp³-hybridized carbons (Fsp3) is 0.136. The SMILES string of the molecule is O=C(CNC(=O)c1cccs1)O[C@@H](C(=O)Nc1ccc(Cl)c(C(F)(F)F)c1)c1ccccc1. The largest absolute Gasteiger partial charge is 0.446 e. The molecule has 0 saturated carbocycles. The topological polar surface area (TPSA) is 84.5 Å². The van der Waals surface area contributed by atoms with E-state index in [0.717, 1.165) is 6.07 Å². The van der Waals surface area contributed by atoms with Crippen molar-refractivity contribution in [3.8, 4) is 0 Å². The molecule has 1 aromatic heterocycles. The van der Waals surface area contributed by atoms with E-state index in [-0.39, 0.29) is 11.3 Å². The predicted octanol–water partition coefficient (Wildman–Crippen LogP) is 5.07. The normalized spacial score (nSPS) is 12.0. The van der Waals surface area contributed by atoms with Gasteiger partial charge in [0.2, 0.25) is 6.10 Å². The van der Waals surface area contributed by atoms with Crippen LogP contribution in [0.25, 0.3) is 0 Å². The van der Waals surface area contributed by atoms with Crippen LogP contribution in [0, 0.1) is 0 Å². The number of thiophene rings is 1. The molecule has 0 fully saturated rings. The Balaban J connectivity index is 1.74. The lowest BCUT2D eigenvalue weighted by atomic mass is 10.1. The zero-order valence-electron chi connectivity index (χ0n) is 16.7. The van der Waals surface area contributed by atoms with Crippen LogP contribution in [0.5, 0.6) is 0 Å². The molecule has 0 unspecified atom stereocenters. The summed E-state index contributed by atoms with van der Waals surface area (Å²) >= 11 is 6.79. The van der Waals surface area contributed by atoms with Gasteiger partial charge in [0.1, 0.15) is 6.54 Å². The lowest BCUT2D eigenvalue weighted by Crippen LogP contribution is -2.33. The monoisotopic (exact) mass is 496 g/mol. The Bertz CT molecular complexity index is 1140. The van der Waals surface area contributed by atoms with Crippen LogP contribution < -0.4 is 10.6 Å². The molecule has 2 amide bonds. The quantitative estimate of drug-likeness (QED) is 0.447. The van der Waals surface area contributed by atoms with Crippen LogP contribution in [0.3, 0.4) is 0 Å². The Kier molecular flexibility index (Phi) is 7.72. The Hall–Kier alpha value is -3.37. The number of amides is 2.